The number of hydrogen-bond acceptors (Lipinski definition) is 4. The van der Waals surface area contributed by atoms with Crippen molar-refractivity contribution in [3.63, 3.8) is 0 Å². The summed E-state index contributed by atoms with van der Waals surface area (Å²) in [5, 5.41) is 15.4. The molecular formula is C19H16ClN3O3. The number of oxime groups is 1. The number of aryl methyl sites for hydroxylation is 1. The van der Waals surface area contributed by atoms with Gasteiger partial charge in [0.05, 0.1) is 16.8 Å². The normalized spacial score (nSPS) is 11.0. The molecule has 0 amide bonds. The van der Waals surface area contributed by atoms with E-state index in [0.717, 1.165) is 16.9 Å². The fraction of sp³-hybridized carbons (Fsp3) is 0.105. The maximum absolute atomic E-state index is 10.8. The van der Waals surface area contributed by atoms with Gasteiger partial charge >= 0.3 is 0 Å². The van der Waals surface area contributed by atoms with Crippen LogP contribution in [0, 0.1) is 17.0 Å². The monoisotopic (exact) mass is 369 g/mol. The van der Waals surface area contributed by atoms with Gasteiger partial charge in [-0.05, 0) is 42.3 Å². The molecule has 0 spiro atoms. The Hall–Kier alpha value is -3.12. The summed E-state index contributed by atoms with van der Waals surface area (Å²) in [6.45, 7) is 2.10. The van der Waals surface area contributed by atoms with Crippen LogP contribution in [-0.4, -0.2) is 15.7 Å². The van der Waals surface area contributed by atoms with Gasteiger partial charge in [0.1, 0.15) is 6.61 Å². The maximum atomic E-state index is 10.8. The summed E-state index contributed by atoms with van der Waals surface area (Å²) in [5.74, 6) is 0. The summed E-state index contributed by atoms with van der Waals surface area (Å²) in [7, 11) is 0. The molecule has 26 heavy (non-hydrogen) atoms. The predicted molar refractivity (Wildman–Crippen MR) is 101 cm³/mol. The molecule has 0 saturated carbocycles. The number of nitrogens with zero attached hydrogens (tertiary/aromatic N) is 3. The van der Waals surface area contributed by atoms with Gasteiger partial charge in [-0.3, -0.25) is 10.1 Å². The minimum atomic E-state index is -0.438. The number of nitro benzene ring substituents is 1. The number of hydrogen-bond donors (Lipinski definition) is 0. The number of benzene rings is 2. The van der Waals surface area contributed by atoms with Gasteiger partial charge in [-0.2, -0.15) is 0 Å². The quantitative estimate of drug-likeness (QED) is 0.352. The Kier molecular flexibility index (Phi) is 5.34. The average molecular weight is 370 g/mol. The molecule has 7 heteroatoms. The van der Waals surface area contributed by atoms with Crippen LogP contribution in [0.3, 0.4) is 0 Å². The van der Waals surface area contributed by atoms with Crippen LogP contribution in [0.25, 0.3) is 5.69 Å². The third kappa shape index (κ3) is 4.10. The molecule has 3 aromatic rings. The lowest BCUT2D eigenvalue weighted by atomic mass is 10.2. The summed E-state index contributed by atoms with van der Waals surface area (Å²) in [6.07, 6.45) is 3.49. The number of aromatic nitrogens is 1. The minimum absolute atomic E-state index is 0.0280. The number of rotatable bonds is 6. The van der Waals surface area contributed by atoms with Crippen molar-refractivity contribution in [3.8, 4) is 5.69 Å². The molecule has 2 aromatic carbocycles. The zero-order chi connectivity index (χ0) is 18.5. The fourth-order valence-electron chi connectivity index (χ4n) is 2.43. The van der Waals surface area contributed by atoms with Crippen LogP contribution in [0.2, 0.25) is 5.02 Å². The number of halogens is 1. The Morgan fingerprint density at radius 2 is 2.08 bits per heavy atom. The zero-order valence-corrected chi connectivity index (χ0v) is 14.8. The summed E-state index contributed by atoms with van der Waals surface area (Å²) in [5.41, 5.74) is 3.46. The van der Waals surface area contributed by atoms with Gasteiger partial charge in [0.2, 0.25) is 0 Å². The first kappa shape index (κ1) is 17.7. The largest absolute Gasteiger partial charge is 0.391 e. The summed E-state index contributed by atoms with van der Waals surface area (Å²) in [6, 6.07) is 15.9. The third-order valence-corrected chi connectivity index (χ3v) is 4.23. The molecule has 0 aliphatic heterocycles. The lowest BCUT2D eigenvalue weighted by Gasteiger charge is -2.08. The molecule has 0 radical (unpaired) electrons. The molecule has 0 fully saturated rings. The van der Waals surface area contributed by atoms with Crippen LogP contribution in [0.5, 0.6) is 0 Å². The Balaban J connectivity index is 1.68. The number of non-ortho nitro benzene ring substituents is 1. The molecule has 0 unspecified atom stereocenters. The van der Waals surface area contributed by atoms with E-state index in [-0.39, 0.29) is 12.3 Å². The van der Waals surface area contributed by atoms with E-state index in [2.05, 4.69) is 5.16 Å². The highest BCUT2D eigenvalue weighted by Crippen LogP contribution is 2.20. The SMILES string of the molecule is Cc1ccc(-n2cccc2/C=N\OCc2cccc([N+](=O)[O-])c2)cc1Cl. The topological polar surface area (TPSA) is 69.7 Å². The average Bonchev–Trinajstić information content (AvgIpc) is 3.10. The second-order valence-electron chi connectivity index (χ2n) is 5.67. The molecule has 3 rings (SSSR count). The molecule has 1 aromatic heterocycles. The minimum Gasteiger partial charge on any atom is -0.391 e. The summed E-state index contributed by atoms with van der Waals surface area (Å²) in [4.78, 5) is 15.6. The van der Waals surface area contributed by atoms with E-state index in [9.17, 15) is 10.1 Å². The van der Waals surface area contributed by atoms with Crippen molar-refractivity contribution < 1.29 is 9.76 Å². The van der Waals surface area contributed by atoms with Gasteiger partial charge in [0.25, 0.3) is 5.69 Å². The van der Waals surface area contributed by atoms with Crippen LogP contribution in [-0.2, 0) is 11.4 Å². The van der Waals surface area contributed by atoms with Crippen LogP contribution < -0.4 is 0 Å². The van der Waals surface area contributed by atoms with E-state index in [0.29, 0.717) is 10.6 Å². The van der Waals surface area contributed by atoms with Gasteiger partial charge in [-0.1, -0.05) is 35.0 Å². The van der Waals surface area contributed by atoms with E-state index in [1.807, 2.05) is 48.0 Å². The predicted octanol–water partition coefficient (Wildman–Crippen LogP) is 4.90. The molecule has 132 valence electrons. The van der Waals surface area contributed by atoms with Crippen molar-refractivity contribution >= 4 is 23.5 Å². The second-order valence-corrected chi connectivity index (χ2v) is 6.08. The maximum Gasteiger partial charge on any atom is 0.269 e. The molecule has 0 bridgehead atoms. The first-order valence-electron chi connectivity index (χ1n) is 7.87. The first-order chi connectivity index (χ1) is 12.5. The summed E-state index contributed by atoms with van der Waals surface area (Å²) >= 11 is 6.19. The van der Waals surface area contributed by atoms with Crippen LogP contribution in [0.15, 0.2) is 65.9 Å². The first-order valence-corrected chi connectivity index (χ1v) is 8.25. The van der Waals surface area contributed by atoms with Crippen molar-refractivity contribution in [1.29, 1.82) is 0 Å². The fourth-order valence-corrected chi connectivity index (χ4v) is 2.60. The highest BCUT2D eigenvalue weighted by atomic mass is 35.5. The number of nitro groups is 1. The smallest absolute Gasteiger partial charge is 0.269 e. The van der Waals surface area contributed by atoms with Gasteiger partial charge < -0.3 is 9.40 Å². The lowest BCUT2D eigenvalue weighted by molar-refractivity contribution is -0.384. The summed E-state index contributed by atoms with van der Waals surface area (Å²) < 4.78 is 1.94. The van der Waals surface area contributed by atoms with E-state index >= 15 is 0 Å². The Morgan fingerprint density at radius 3 is 2.85 bits per heavy atom. The van der Waals surface area contributed by atoms with Crippen LogP contribution >= 0.6 is 11.6 Å². The van der Waals surface area contributed by atoms with E-state index < -0.39 is 4.92 Å². The van der Waals surface area contributed by atoms with Crippen molar-refractivity contribution in [3.05, 3.63) is 92.8 Å². The molecular weight excluding hydrogens is 354 g/mol. The van der Waals surface area contributed by atoms with Crippen LogP contribution in [0.1, 0.15) is 16.8 Å². The van der Waals surface area contributed by atoms with Crippen molar-refractivity contribution in [2.75, 3.05) is 0 Å². The highest BCUT2D eigenvalue weighted by molar-refractivity contribution is 6.31. The highest BCUT2D eigenvalue weighted by Gasteiger charge is 2.06. The molecule has 0 aliphatic rings. The van der Waals surface area contributed by atoms with E-state index in [1.165, 1.54) is 12.1 Å². The van der Waals surface area contributed by atoms with Gasteiger partial charge in [0, 0.05) is 29.0 Å². The standard InChI is InChI=1S/C19H16ClN3O3/c1-14-7-8-16(11-19(14)20)22-9-3-6-18(22)12-21-26-13-15-4-2-5-17(10-15)23(24)25/h2-12H,13H2,1H3/b21-12-. The Morgan fingerprint density at radius 1 is 1.23 bits per heavy atom. The second kappa shape index (κ2) is 7.84. The molecule has 0 atom stereocenters. The van der Waals surface area contributed by atoms with Gasteiger partial charge in [0.15, 0.2) is 0 Å². The van der Waals surface area contributed by atoms with E-state index in [1.54, 1.807) is 18.3 Å². The zero-order valence-electron chi connectivity index (χ0n) is 14.0. The van der Waals surface area contributed by atoms with Gasteiger partial charge in [-0.15, -0.1) is 0 Å². The van der Waals surface area contributed by atoms with Crippen LogP contribution in [0.4, 0.5) is 5.69 Å². The van der Waals surface area contributed by atoms with Crippen molar-refractivity contribution in [2.45, 2.75) is 13.5 Å². The Labute approximate surface area is 155 Å². The molecule has 6 nitrogen and oxygen atoms in total. The Bertz CT molecular complexity index is 966. The molecule has 1 heterocycles. The lowest BCUT2D eigenvalue weighted by Crippen LogP contribution is -1.99. The van der Waals surface area contributed by atoms with Gasteiger partial charge in [-0.25, -0.2) is 0 Å². The third-order valence-electron chi connectivity index (χ3n) is 3.83. The van der Waals surface area contributed by atoms with E-state index in [4.69, 9.17) is 16.4 Å². The van der Waals surface area contributed by atoms with Crippen molar-refractivity contribution in [2.24, 2.45) is 5.16 Å². The molecule has 0 N–H and O–H groups in total. The molecule has 0 saturated heterocycles. The van der Waals surface area contributed by atoms with Crippen molar-refractivity contribution in [1.82, 2.24) is 4.57 Å². The molecule has 0 aliphatic carbocycles.